The highest BCUT2D eigenvalue weighted by molar-refractivity contribution is 5.78. The van der Waals surface area contributed by atoms with Gasteiger partial charge in [0.1, 0.15) is 6.10 Å². The van der Waals surface area contributed by atoms with Gasteiger partial charge in [0.25, 0.3) is 0 Å². The Kier molecular flexibility index (Phi) is 5.06. The molecule has 1 amide bonds. The van der Waals surface area contributed by atoms with Gasteiger partial charge in [-0.3, -0.25) is 4.79 Å². The van der Waals surface area contributed by atoms with Crippen LogP contribution < -0.4 is 11.1 Å². The topological polar surface area (TPSA) is 75.4 Å². The summed E-state index contributed by atoms with van der Waals surface area (Å²) in [5.41, 5.74) is 5.81. The van der Waals surface area contributed by atoms with Gasteiger partial charge in [0, 0.05) is 12.1 Å². The number of nitrogens with one attached hydrogen (secondary N) is 1. The standard InChI is InChI=1S/C12H14N2O2/c13-12(16)11(15)9-14-8-4-7-10-5-2-1-3-6-10/h1-3,5-6,11,14-15H,8-9H2,(H2,13,16). The average molecular weight is 218 g/mol. The summed E-state index contributed by atoms with van der Waals surface area (Å²) < 4.78 is 0. The fourth-order valence-electron chi connectivity index (χ4n) is 1.04. The Morgan fingerprint density at radius 1 is 1.44 bits per heavy atom. The van der Waals surface area contributed by atoms with E-state index in [0.717, 1.165) is 5.56 Å². The smallest absolute Gasteiger partial charge is 0.247 e. The third-order valence-electron chi connectivity index (χ3n) is 1.89. The molecule has 1 aromatic rings. The lowest BCUT2D eigenvalue weighted by molar-refractivity contribution is -0.125. The van der Waals surface area contributed by atoms with Crippen molar-refractivity contribution in [1.82, 2.24) is 5.32 Å². The Hall–Kier alpha value is -1.83. The van der Waals surface area contributed by atoms with Crippen molar-refractivity contribution in [3.05, 3.63) is 35.9 Å². The zero-order valence-corrected chi connectivity index (χ0v) is 8.81. The van der Waals surface area contributed by atoms with Crippen LogP contribution in [0.2, 0.25) is 0 Å². The van der Waals surface area contributed by atoms with Crippen LogP contribution in [0.25, 0.3) is 0 Å². The molecule has 0 heterocycles. The first-order chi connectivity index (χ1) is 7.70. The monoisotopic (exact) mass is 218 g/mol. The van der Waals surface area contributed by atoms with Gasteiger partial charge in [-0.25, -0.2) is 0 Å². The van der Waals surface area contributed by atoms with Crippen molar-refractivity contribution in [3.63, 3.8) is 0 Å². The molecule has 4 heteroatoms. The number of amides is 1. The molecule has 16 heavy (non-hydrogen) atoms. The minimum absolute atomic E-state index is 0.124. The first-order valence-corrected chi connectivity index (χ1v) is 4.92. The Morgan fingerprint density at radius 2 is 2.12 bits per heavy atom. The number of carbonyl (C=O) groups is 1. The van der Waals surface area contributed by atoms with E-state index in [9.17, 15) is 4.79 Å². The normalized spacial score (nSPS) is 11.3. The molecule has 0 saturated heterocycles. The van der Waals surface area contributed by atoms with E-state index in [-0.39, 0.29) is 6.54 Å². The molecule has 1 atom stereocenters. The highest BCUT2D eigenvalue weighted by Crippen LogP contribution is 1.94. The largest absolute Gasteiger partial charge is 0.382 e. The number of hydrogen-bond donors (Lipinski definition) is 3. The molecule has 0 bridgehead atoms. The summed E-state index contributed by atoms with van der Waals surface area (Å²) >= 11 is 0. The fraction of sp³-hybridized carbons (Fsp3) is 0.250. The van der Waals surface area contributed by atoms with Crippen LogP contribution in [0.3, 0.4) is 0 Å². The molecule has 84 valence electrons. The first kappa shape index (κ1) is 12.2. The summed E-state index contributed by atoms with van der Waals surface area (Å²) in [6.07, 6.45) is -1.15. The van der Waals surface area contributed by atoms with Crippen molar-refractivity contribution in [3.8, 4) is 11.8 Å². The van der Waals surface area contributed by atoms with Crippen LogP contribution >= 0.6 is 0 Å². The molecule has 0 aliphatic rings. The molecular formula is C12H14N2O2. The summed E-state index contributed by atoms with van der Waals surface area (Å²) in [6.45, 7) is 0.526. The van der Waals surface area contributed by atoms with Crippen LogP contribution in [0.5, 0.6) is 0 Å². The summed E-state index contributed by atoms with van der Waals surface area (Å²) in [5.74, 6) is 5.08. The average Bonchev–Trinajstić information content (AvgIpc) is 2.29. The van der Waals surface area contributed by atoms with Gasteiger partial charge < -0.3 is 16.2 Å². The Morgan fingerprint density at radius 3 is 2.75 bits per heavy atom. The lowest BCUT2D eigenvalue weighted by Crippen LogP contribution is -2.37. The van der Waals surface area contributed by atoms with Gasteiger partial charge in [-0.1, -0.05) is 30.0 Å². The minimum Gasteiger partial charge on any atom is -0.382 e. The molecule has 4 nitrogen and oxygen atoms in total. The zero-order chi connectivity index (χ0) is 11.8. The minimum atomic E-state index is -1.15. The lowest BCUT2D eigenvalue weighted by atomic mass is 10.2. The molecule has 1 aromatic carbocycles. The number of aliphatic hydroxyl groups is 1. The first-order valence-electron chi connectivity index (χ1n) is 4.92. The molecule has 0 fully saturated rings. The van der Waals surface area contributed by atoms with Crippen LogP contribution in [-0.4, -0.2) is 30.2 Å². The Labute approximate surface area is 94.5 Å². The van der Waals surface area contributed by atoms with E-state index in [1.807, 2.05) is 30.3 Å². The van der Waals surface area contributed by atoms with E-state index in [4.69, 9.17) is 10.8 Å². The summed E-state index contributed by atoms with van der Waals surface area (Å²) in [4.78, 5) is 10.5. The number of carbonyl (C=O) groups excluding carboxylic acids is 1. The van der Waals surface area contributed by atoms with Gasteiger partial charge >= 0.3 is 0 Å². The number of hydrogen-bond acceptors (Lipinski definition) is 3. The number of nitrogens with two attached hydrogens (primary N) is 1. The molecular weight excluding hydrogens is 204 g/mol. The zero-order valence-electron chi connectivity index (χ0n) is 8.81. The second kappa shape index (κ2) is 6.62. The summed E-state index contributed by atoms with van der Waals surface area (Å²) in [7, 11) is 0. The van der Waals surface area contributed by atoms with E-state index < -0.39 is 12.0 Å². The van der Waals surface area contributed by atoms with Crippen molar-refractivity contribution in [2.75, 3.05) is 13.1 Å². The predicted octanol–water partition coefficient (Wildman–Crippen LogP) is -0.526. The van der Waals surface area contributed by atoms with Gasteiger partial charge in [0.15, 0.2) is 0 Å². The van der Waals surface area contributed by atoms with Crippen molar-refractivity contribution in [2.45, 2.75) is 6.10 Å². The lowest BCUT2D eigenvalue weighted by Gasteiger charge is -2.04. The van der Waals surface area contributed by atoms with Crippen LogP contribution in [0, 0.1) is 11.8 Å². The van der Waals surface area contributed by atoms with Crippen molar-refractivity contribution in [1.29, 1.82) is 0 Å². The summed E-state index contributed by atoms with van der Waals surface area (Å²) in [6, 6.07) is 9.56. The molecule has 0 aliphatic carbocycles. The molecule has 0 aliphatic heterocycles. The SMILES string of the molecule is NC(=O)C(O)CNCC#Cc1ccccc1. The molecule has 1 unspecified atom stereocenters. The Bertz CT molecular complexity index is 392. The van der Waals surface area contributed by atoms with E-state index >= 15 is 0 Å². The van der Waals surface area contributed by atoms with Crippen LogP contribution in [-0.2, 0) is 4.79 Å². The second-order valence-corrected chi connectivity index (χ2v) is 3.22. The molecule has 1 rings (SSSR count). The van der Waals surface area contributed by atoms with Gasteiger partial charge in [-0.15, -0.1) is 0 Å². The number of aliphatic hydroxyl groups excluding tert-OH is 1. The number of primary amides is 1. The van der Waals surface area contributed by atoms with Gasteiger partial charge in [-0.05, 0) is 12.1 Å². The van der Waals surface area contributed by atoms with E-state index in [1.54, 1.807) is 0 Å². The van der Waals surface area contributed by atoms with Crippen LogP contribution in [0.15, 0.2) is 30.3 Å². The van der Waals surface area contributed by atoms with Crippen molar-refractivity contribution >= 4 is 5.91 Å². The van der Waals surface area contributed by atoms with E-state index in [0.29, 0.717) is 6.54 Å². The third-order valence-corrected chi connectivity index (χ3v) is 1.89. The predicted molar refractivity (Wildman–Crippen MR) is 61.4 cm³/mol. The molecule has 0 radical (unpaired) electrons. The fourth-order valence-corrected chi connectivity index (χ4v) is 1.04. The van der Waals surface area contributed by atoms with E-state index in [1.165, 1.54) is 0 Å². The van der Waals surface area contributed by atoms with Crippen molar-refractivity contribution < 1.29 is 9.90 Å². The highest BCUT2D eigenvalue weighted by Gasteiger charge is 2.08. The van der Waals surface area contributed by atoms with Gasteiger partial charge in [-0.2, -0.15) is 0 Å². The Balaban J connectivity index is 2.26. The quantitative estimate of drug-likeness (QED) is 0.470. The maximum atomic E-state index is 10.5. The maximum absolute atomic E-state index is 10.5. The molecule has 4 N–H and O–H groups in total. The van der Waals surface area contributed by atoms with Gasteiger partial charge in [0.05, 0.1) is 6.54 Å². The molecule has 0 spiro atoms. The third kappa shape index (κ3) is 4.60. The van der Waals surface area contributed by atoms with Crippen molar-refractivity contribution in [2.24, 2.45) is 5.73 Å². The van der Waals surface area contributed by atoms with Gasteiger partial charge in [0.2, 0.25) is 5.91 Å². The number of benzene rings is 1. The summed E-state index contributed by atoms with van der Waals surface area (Å²) in [5, 5.41) is 11.9. The molecule has 0 aromatic heterocycles. The van der Waals surface area contributed by atoms with Crippen LogP contribution in [0.4, 0.5) is 0 Å². The van der Waals surface area contributed by atoms with Crippen LogP contribution in [0.1, 0.15) is 5.56 Å². The second-order valence-electron chi connectivity index (χ2n) is 3.22. The van der Waals surface area contributed by atoms with E-state index in [2.05, 4.69) is 17.2 Å². The number of rotatable bonds is 4. The highest BCUT2D eigenvalue weighted by atomic mass is 16.3. The molecule has 0 saturated carbocycles. The maximum Gasteiger partial charge on any atom is 0.247 e.